The Bertz CT molecular complexity index is 662. The average Bonchev–Trinajstić information content (AvgIpc) is 3.29. The predicted octanol–water partition coefficient (Wildman–Crippen LogP) is 4.10. The van der Waals surface area contributed by atoms with Gasteiger partial charge in [-0.3, -0.25) is 9.69 Å². The minimum Gasteiger partial charge on any atom is -0.491 e. The third kappa shape index (κ3) is 4.83. The first kappa shape index (κ1) is 18.0. The maximum absolute atomic E-state index is 12.5. The lowest BCUT2D eigenvalue weighted by Crippen LogP contribution is -2.36. The van der Waals surface area contributed by atoms with E-state index in [2.05, 4.69) is 27.0 Å². The largest absolute Gasteiger partial charge is 0.491 e. The molecule has 1 unspecified atom stereocenters. The van der Waals surface area contributed by atoms with E-state index in [0.717, 1.165) is 18.8 Å². The van der Waals surface area contributed by atoms with Crippen LogP contribution in [0, 0.1) is 0 Å². The summed E-state index contributed by atoms with van der Waals surface area (Å²) in [6, 6.07) is 9.78. The molecule has 0 aliphatic carbocycles. The fourth-order valence-electron chi connectivity index (χ4n) is 3.22. The number of carbonyl (C=O) groups excluding carboxylic acids is 1. The molecule has 1 saturated heterocycles. The van der Waals surface area contributed by atoms with Gasteiger partial charge < -0.3 is 10.1 Å². The maximum atomic E-state index is 12.5. The van der Waals surface area contributed by atoms with Crippen molar-refractivity contribution in [1.29, 1.82) is 0 Å². The highest BCUT2D eigenvalue weighted by molar-refractivity contribution is 7.07. The molecule has 25 heavy (non-hydrogen) atoms. The molecule has 134 valence electrons. The van der Waals surface area contributed by atoms with Crippen LogP contribution >= 0.6 is 11.3 Å². The second kappa shape index (κ2) is 8.50. The van der Waals surface area contributed by atoms with Gasteiger partial charge in [0.05, 0.1) is 12.1 Å². The monoisotopic (exact) mass is 358 g/mol. The Labute approximate surface area is 153 Å². The minimum absolute atomic E-state index is 0.0319. The van der Waals surface area contributed by atoms with Gasteiger partial charge in [0.25, 0.3) is 5.91 Å². The first-order chi connectivity index (χ1) is 12.1. The molecule has 2 aromatic rings. The molecule has 1 aromatic carbocycles. The summed E-state index contributed by atoms with van der Waals surface area (Å²) in [6.07, 6.45) is 2.61. The molecule has 5 heteroatoms. The van der Waals surface area contributed by atoms with Crippen molar-refractivity contribution >= 4 is 17.2 Å². The lowest BCUT2D eigenvalue weighted by Gasteiger charge is -2.27. The van der Waals surface area contributed by atoms with Gasteiger partial charge in [-0.15, -0.1) is 0 Å². The number of carbonyl (C=O) groups is 1. The fourth-order valence-corrected chi connectivity index (χ4v) is 3.93. The highest BCUT2D eigenvalue weighted by Gasteiger charge is 2.24. The van der Waals surface area contributed by atoms with Crippen LogP contribution in [0.4, 0.5) is 0 Å². The van der Waals surface area contributed by atoms with Crippen molar-refractivity contribution in [3.8, 4) is 5.75 Å². The number of thiophene rings is 1. The summed E-state index contributed by atoms with van der Waals surface area (Å²) in [5.41, 5.74) is 1.97. The number of nitrogens with one attached hydrogen (secondary N) is 1. The lowest BCUT2D eigenvalue weighted by molar-refractivity contribution is 0.0938. The number of rotatable bonds is 7. The third-order valence-electron chi connectivity index (χ3n) is 4.45. The van der Waals surface area contributed by atoms with Gasteiger partial charge in [-0.2, -0.15) is 11.3 Å². The molecule has 1 atom stereocenters. The Morgan fingerprint density at radius 1 is 1.20 bits per heavy atom. The van der Waals surface area contributed by atoms with Crippen LogP contribution in [0.3, 0.4) is 0 Å². The molecule has 1 N–H and O–H groups in total. The van der Waals surface area contributed by atoms with E-state index in [1.54, 1.807) is 11.3 Å². The van der Waals surface area contributed by atoms with Crippen molar-refractivity contribution in [3.63, 3.8) is 0 Å². The molecule has 1 aliphatic heterocycles. The normalized spacial score (nSPS) is 16.1. The number of hydrogen-bond donors (Lipinski definition) is 1. The molecule has 1 aliphatic rings. The Balaban J connectivity index is 1.61. The van der Waals surface area contributed by atoms with Crippen LogP contribution < -0.4 is 10.1 Å². The van der Waals surface area contributed by atoms with Crippen LogP contribution in [0.15, 0.2) is 41.1 Å². The van der Waals surface area contributed by atoms with Crippen molar-refractivity contribution in [2.45, 2.75) is 38.8 Å². The number of hydrogen-bond acceptors (Lipinski definition) is 4. The summed E-state index contributed by atoms with van der Waals surface area (Å²) < 4.78 is 5.63. The zero-order valence-electron chi connectivity index (χ0n) is 14.9. The van der Waals surface area contributed by atoms with E-state index in [1.807, 2.05) is 38.1 Å². The van der Waals surface area contributed by atoms with E-state index in [4.69, 9.17) is 4.74 Å². The minimum atomic E-state index is -0.0319. The van der Waals surface area contributed by atoms with Gasteiger partial charge in [0.2, 0.25) is 0 Å². The van der Waals surface area contributed by atoms with Gasteiger partial charge in [-0.1, -0.05) is 0 Å². The first-order valence-corrected chi connectivity index (χ1v) is 9.89. The van der Waals surface area contributed by atoms with E-state index in [1.165, 1.54) is 18.4 Å². The van der Waals surface area contributed by atoms with Crippen LogP contribution in [0.2, 0.25) is 0 Å². The third-order valence-corrected chi connectivity index (χ3v) is 5.16. The molecule has 0 bridgehead atoms. The van der Waals surface area contributed by atoms with Crippen LogP contribution in [0.25, 0.3) is 0 Å². The molecule has 1 fully saturated rings. The van der Waals surface area contributed by atoms with E-state index < -0.39 is 0 Å². The van der Waals surface area contributed by atoms with Crippen molar-refractivity contribution in [1.82, 2.24) is 10.2 Å². The van der Waals surface area contributed by atoms with E-state index >= 15 is 0 Å². The second-order valence-electron chi connectivity index (χ2n) is 6.72. The van der Waals surface area contributed by atoms with Gasteiger partial charge >= 0.3 is 0 Å². The summed E-state index contributed by atoms with van der Waals surface area (Å²) in [5.74, 6) is 0.760. The number of likely N-dealkylation sites (tertiary alicyclic amines) is 1. The zero-order valence-corrected chi connectivity index (χ0v) is 15.7. The van der Waals surface area contributed by atoms with Gasteiger partial charge in [0, 0.05) is 12.1 Å². The van der Waals surface area contributed by atoms with Gasteiger partial charge in [0.1, 0.15) is 5.75 Å². The lowest BCUT2D eigenvalue weighted by atomic mass is 10.1. The number of amides is 1. The summed E-state index contributed by atoms with van der Waals surface area (Å²) >= 11 is 1.71. The van der Waals surface area contributed by atoms with E-state index in [-0.39, 0.29) is 18.1 Å². The molecule has 3 rings (SSSR count). The summed E-state index contributed by atoms with van der Waals surface area (Å²) in [4.78, 5) is 15.0. The molecule has 4 nitrogen and oxygen atoms in total. The first-order valence-electron chi connectivity index (χ1n) is 8.94. The second-order valence-corrected chi connectivity index (χ2v) is 7.50. The van der Waals surface area contributed by atoms with Crippen molar-refractivity contribution < 1.29 is 9.53 Å². The Morgan fingerprint density at radius 3 is 2.52 bits per heavy atom. The van der Waals surface area contributed by atoms with Gasteiger partial charge in [0.15, 0.2) is 0 Å². The standard InChI is InChI=1S/C20H26N2O2S/c1-15(2)24-18-7-5-16(6-8-18)20(23)21-13-19(17-9-12-25-14-17)22-10-3-4-11-22/h5-9,12,14-15,19H,3-4,10-11,13H2,1-2H3,(H,21,23). The average molecular weight is 359 g/mol. The molecule has 1 aromatic heterocycles. The molecule has 2 heterocycles. The number of nitrogens with zero attached hydrogens (tertiary/aromatic N) is 1. The smallest absolute Gasteiger partial charge is 0.251 e. The van der Waals surface area contributed by atoms with Crippen molar-refractivity contribution in [3.05, 3.63) is 52.2 Å². The molecular weight excluding hydrogens is 332 g/mol. The topological polar surface area (TPSA) is 41.6 Å². The van der Waals surface area contributed by atoms with Crippen LogP contribution in [0.1, 0.15) is 48.7 Å². The van der Waals surface area contributed by atoms with Crippen LogP contribution in [-0.4, -0.2) is 36.5 Å². The number of benzene rings is 1. The number of ether oxygens (including phenoxy) is 1. The molecule has 0 saturated carbocycles. The Hall–Kier alpha value is -1.85. The summed E-state index contributed by atoms with van der Waals surface area (Å²) in [5, 5.41) is 7.40. The molecule has 0 spiro atoms. The van der Waals surface area contributed by atoms with E-state index in [9.17, 15) is 4.79 Å². The van der Waals surface area contributed by atoms with Crippen molar-refractivity contribution in [2.24, 2.45) is 0 Å². The van der Waals surface area contributed by atoms with Gasteiger partial charge in [-0.05, 0) is 86.4 Å². The quantitative estimate of drug-likeness (QED) is 0.810. The van der Waals surface area contributed by atoms with Crippen molar-refractivity contribution in [2.75, 3.05) is 19.6 Å². The predicted molar refractivity (Wildman–Crippen MR) is 102 cm³/mol. The highest BCUT2D eigenvalue weighted by Crippen LogP contribution is 2.26. The van der Waals surface area contributed by atoms with E-state index in [0.29, 0.717) is 12.1 Å². The Kier molecular flexibility index (Phi) is 6.10. The Morgan fingerprint density at radius 2 is 1.92 bits per heavy atom. The fraction of sp³-hybridized carbons (Fsp3) is 0.450. The highest BCUT2D eigenvalue weighted by atomic mass is 32.1. The van der Waals surface area contributed by atoms with Crippen LogP contribution in [-0.2, 0) is 0 Å². The molecule has 1 amide bonds. The molecular formula is C20H26N2O2S. The summed E-state index contributed by atoms with van der Waals surface area (Å²) in [7, 11) is 0. The van der Waals surface area contributed by atoms with Gasteiger partial charge in [-0.25, -0.2) is 0 Å². The summed E-state index contributed by atoms with van der Waals surface area (Å²) in [6.45, 7) is 6.84. The zero-order chi connectivity index (χ0) is 17.6. The maximum Gasteiger partial charge on any atom is 0.251 e. The molecule has 0 radical (unpaired) electrons. The van der Waals surface area contributed by atoms with Crippen LogP contribution in [0.5, 0.6) is 5.75 Å². The SMILES string of the molecule is CC(C)Oc1ccc(C(=O)NCC(c2ccsc2)N2CCCC2)cc1.